The Morgan fingerprint density at radius 1 is 1.42 bits per heavy atom. The van der Waals surface area contributed by atoms with Gasteiger partial charge in [-0.1, -0.05) is 19.1 Å². The molecule has 1 aliphatic carbocycles. The highest BCUT2D eigenvalue weighted by atomic mass is 79.9. The van der Waals surface area contributed by atoms with Crippen LogP contribution in [0.2, 0.25) is 0 Å². The second-order valence-electron chi connectivity index (χ2n) is 5.36. The van der Waals surface area contributed by atoms with E-state index in [9.17, 15) is 0 Å². The minimum atomic E-state index is 0.641. The lowest BCUT2D eigenvalue weighted by molar-refractivity contribution is 0.0638. The molecule has 0 aromatic carbocycles. The van der Waals surface area contributed by atoms with Crippen molar-refractivity contribution in [2.75, 3.05) is 6.61 Å². The minimum absolute atomic E-state index is 0.641. The van der Waals surface area contributed by atoms with Crippen molar-refractivity contribution in [3.05, 3.63) is 28.0 Å². The Hall–Kier alpha value is -0.610. The molecule has 1 aliphatic rings. The van der Waals surface area contributed by atoms with Crippen molar-refractivity contribution in [2.24, 2.45) is 11.8 Å². The zero-order chi connectivity index (χ0) is 13.8. The van der Waals surface area contributed by atoms with Crippen LogP contribution in [-0.2, 0) is 17.9 Å². The van der Waals surface area contributed by atoms with Crippen LogP contribution in [0.5, 0.6) is 0 Å². The van der Waals surface area contributed by atoms with E-state index >= 15 is 0 Å². The molecular weight excluding hydrogens is 304 g/mol. The number of ether oxygens (including phenoxy) is 1. The maximum Gasteiger partial charge on any atom is 0.0896 e. The number of nitrogens with zero attached hydrogens (tertiary/aromatic N) is 2. The van der Waals surface area contributed by atoms with E-state index in [0.29, 0.717) is 12.5 Å². The van der Waals surface area contributed by atoms with Gasteiger partial charge in [-0.2, -0.15) is 5.10 Å². The van der Waals surface area contributed by atoms with Gasteiger partial charge in [0.05, 0.1) is 29.1 Å². The highest BCUT2D eigenvalue weighted by Crippen LogP contribution is 2.26. The fourth-order valence-corrected chi connectivity index (χ4v) is 2.95. The Labute approximate surface area is 124 Å². The first-order valence-corrected chi connectivity index (χ1v) is 7.87. The molecule has 1 aromatic heterocycles. The summed E-state index contributed by atoms with van der Waals surface area (Å²) in [5.41, 5.74) is 2.19. The van der Waals surface area contributed by atoms with Crippen LogP contribution in [-0.4, -0.2) is 16.4 Å². The van der Waals surface area contributed by atoms with Gasteiger partial charge in [-0.3, -0.25) is 4.68 Å². The van der Waals surface area contributed by atoms with Crippen molar-refractivity contribution < 1.29 is 4.74 Å². The van der Waals surface area contributed by atoms with Crippen LogP contribution in [0.25, 0.3) is 0 Å². The van der Waals surface area contributed by atoms with Gasteiger partial charge in [-0.05, 0) is 54.5 Å². The lowest BCUT2D eigenvalue weighted by atomic mass is 9.85. The minimum Gasteiger partial charge on any atom is -0.375 e. The van der Waals surface area contributed by atoms with Gasteiger partial charge in [-0.15, -0.1) is 0 Å². The third-order valence-electron chi connectivity index (χ3n) is 3.94. The Morgan fingerprint density at radius 2 is 2.16 bits per heavy atom. The highest BCUT2D eigenvalue weighted by molar-refractivity contribution is 9.10. The lowest BCUT2D eigenvalue weighted by Crippen LogP contribution is -2.20. The molecule has 0 radical (unpaired) electrons. The number of hydrogen-bond donors (Lipinski definition) is 0. The summed E-state index contributed by atoms with van der Waals surface area (Å²) in [6.45, 7) is 8.81. The Balaban J connectivity index is 1.90. The molecule has 0 bridgehead atoms. The van der Waals surface area contributed by atoms with Crippen molar-refractivity contribution >= 4 is 15.9 Å². The predicted octanol–water partition coefficient (Wildman–Crippen LogP) is 4.09. The average Bonchev–Trinajstić information content (AvgIpc) is 2.68. The normalized spacial score (nSPS) is 22.9. The molecule has 2 unspecified atom stereocenters. The standard InChI is InChI=1S/C15H23BrN2O/c1-4-18-14(15(16)12(3)17-18)10-19-9-13-8-6-5-7-11(13)2/h5-6,11,13H,4,7-10H2,1-3H3. The van der Waals surface area contributed by atoms with Gasteiger partial charge in [0.2, 0.25) is 0 Å². The molecule has 106 valence electrons. The van der Waals surface area contributed by atoms with Crippen LogP contribution in [0.4, 0.5) is 0 Å². The molecule has 2 rings (SSSR count). The summed E-state index contributed by atoms with van der Waals surface area (Å²) in [6, 6.07) is 0. The number of aryl methyl sites for hydroxylation is 2. The maximum absolute atomic E-state index is 5.94. The molecule has 0 amide bonds. The Kier molecular flexibility index (Phi) is 5.22. The van der Waals surface area contributed by atoms with Gasteiger partial charge in [0, 0.05) is 6.54 Å². The quantitative estimate of drug-likeness (QED) is 0.762. The molecule has 0 saturated carbocycles. The number of halogens is 1. The third kappa shape index (κ3) is 3.48. The summed E-state index contributed by atoms with van der Waals surface area (Å²) in [5, 5.41) is 4.49. The Bertz CT molecular complexity index is 453. The number of aromatic nitrogens is 2. The summed E-state index contributed by atoms with van der Waals surface area (Å²) in [7, 11) is 0. The van der Waals surface area contributed by atoms with E-state index in [1.165, 1.54) is 6.42 Å². The van der Waals surface area contributed by atoms with Gasteiger partial charge >= 0.3 is 0 Å². The molecule has 0 saturated heterocycles. The van der Waals surface area contributed by atoms with E-state index in [0.717, 1.165) is 41.4 Å². The largest absolute Gasteiger partial charge is 0.375 e. The first kappa shape index (κ1) is 14.8. The monoisotopic (exact) mass is 326 g/mol. The van der Waals surface area contributed by atoms with Gasteiger partial charge in [0.1, 0.15) is 0 Å². The van der Waals surface area contributed by atoms with Crippen LogP contribution in [0.3, 0.4) is 0 Å². The number of allylic oxidation sites excluding steroid dienone is 2. The van der Waals surface area contributed by atoms with Crippen molar-refractivity contribution in [1.29, 1.82) is 0 Å². The molecular formula is C15H23BrN2O. The van der Waals surface area contributed by atoms with E-state index in [4.69, 9.17) is 4.74 Å². The van der Waals surface area contributed by atoms with Gasteiger partial charge in [-0.25, -0.2) is 0 Å². The van der Waals surface area contributed by atoms with E-state index in [-0.39, 0.29) is 0 Å². The van der Waals surface area contributed by atoms with Crippen LogP contribution >= 0.6 is 15.9 Å². The summed E-state index contributed by atoms with van der Waals surface area (Å²) in [4.78, 5) is 0. The predicted molar refractivity (Wildman–Crippen MR) is 81.0 cm³/mol. The van der Waals surface area contributed by atoms with Crippen LogP contribution in [0.15, 0.2) is 16.6 Å². The molecule has 0 spiro atoms. The fraction of sp³-hybridized carbons (Fsp3) is 0.667. The molecule has 3 nitrogen and oxygen atoms in total. The second-order valence-corrected chi connectivity index (χ2v) is 6.15. The smallest absolute Gasteiger partial charge is 0.0896 e. The van der Waals surface area contributed by atoms with Crippen LogP contribution < -0.4 is 0 Å². The van der Waals surface area contributed by atoms with Crippen molar-refractivity contribution in [1.82, 2.24) is 9.78 Å². The molecule has 0 fully saturated rings. The van der Waals surface area contributed by atoms with Crippen LogP contribution in [0, 0.1) is 18.8 Å². The zero-order valence-electron chi connectivity index (χ0n) is 12.0. The first-order chi connectivity index (χ1) is 9.13. The highest BCUT2D eigenvalue weighted by Gasteiger charge is 2.19. The summed E-state index contributed by atoms with van der Waals surface area (Å²) in [5.74, 6) is 1.38. The summed E-state index contributed by atoms with van der Waals surface area (Å²) >= 11 is 3.61. The van der Waals surface area contributed by atoms with Gasteiger partial charge < -0.3 is 4.74 Å². The van der Waals surface area contributed by atoms with E-state index < -0.39 is 0 Å². The molecule has 1 aromatic rings. The number of rotatable bonds is 5. The molecule has 19 heavy (non-hydrogen) atoms. The summed E-state index contributed by atoms with van der Waals surface area (Å²) in [6.07, 6.45) is 6.90. The Morgan fingerprint density at radius 3 is 2.84 bits per heavy atom. The van der Waals surface area contributed by atoms with Crippen LogP contribution in [0.1, 0.15) is 38.1 Å². The molecule has 4 heteroatoms. The van der Waals surface area contributed by atoms with Crippen molar-refractivity contribution in [2.45, 2.75) is 46.8 Å². The number of hydrogen-bond acceptors (Lipinski definition) is 2. The van der Waals surface area contributed by atoms with Crippen molar-refractivity contribution in [3.8, 4) is 0 Å². The van der Waals surface area contributed by atoms with Gasteiger partial charge in [0.25, 0.3) is 0 Å². The maximum atomic E-state index is 5.94. The van der Waals surface area contributed by atoms with Gasteiger partial charge in [0.15, 0.2) is 0 Å². The van der Waals surface area contributed by atoms with E-state index in [1.807, 2.05) is 11.6 Å². The zero-order valence-corrected chi connectivity index (χ0v) is 13.6. The second kappa shape index (κ2) is 6.71. The lowest BCUT2D eigenvalue weighted by Gasteiger charge is -2.25. The molecule has 2 atom stereocenters. The van der Waals surface area contributed by atoms with Crippen molar-refractivity contribution in [3.63, 3.8) is 0 Å². The molecule has 0 aliphatic heterocycles. The molecule has 0 N–H and O–H groups in total. The average molecular weight is 327 g/mol. The third-order valence-corrected chi connectivity index (χ3v) is 4.97. The molecule has 1 heterocycles. The topological polar surface area (TPSA) is 27.1 Å². The SMILES string of the molecule is CCn1nc(C)c(Br)c1COCC1CC=CCC1C. The van der Waals surface area contributed by atoms with E-state index in [2.05, 4.69) is 47.0 Å². The summed E-state index contributed by atoms with van der Waals surface area (Å²) < 4.78 is 9.05. The fourth-order valence-electron chi connectivity index (χ4n) is 2.55. The first-order valence-electron chi connectivity index (χ1n) is 7.08. The van der Waals surface area contributed by atoms with E-state index in [1.54, 1.807) is 0 Å².